The maximum absolute atomic E-state index is 6.91. The quantitative estimate of drug-likeness (QED) is 0.604. The Morgan fingerprint density at radius 3 is 2.26 bits per heavy atom. The maximum Gasteiger partial charge on any atom is 0.223 e. The van der Waals surface area contributed by atoms with E-state index in [2.05, 4.69) is 32.9 Å². The number of nitrogens with zero attached hydrogens (tertiary/aromatic N) is 4. The molecule has 1 fully saturated rings. The fourth-order valence-corrected chi connectivity index (χ4v) is 5.79. The van der Waals surface area contributed by atoms with Crippen molar-refractivity contribution in [2.24, 2.45) is 11.0 Å². The standard InChI is InChI=1S/C25H26N4O2/c1-16-20-22(28(26-16)18-11-7-5-8-12-18)30-25(4)15-24(20,3)31-23-21(25)17(2)27-29(23)19-13-9-6-10-14-19/h5-14,20,22H,15H2,1-4H3. The third-order valence-corrected chi connectivity index (χ3v) is 6.87. The van der Waals surface area contributed by atoms with E-state index in [-0.39, 0.29) is 12.1 Å². The smallest absolute Gasteiger partial charge is 0.223 e. The molecule has 1 aromatic heterocycles. The minimum Gasteiger partial charge on any atom is -0.470 e. The zero-order chi connectivity index (χ0) is 21.4. The summed E-state index contributed by atoms with van der Waals surface area (Å²) in [5, 5.41) is 11.8. The molecular weight excluding hydrogens is 388 g/mol. The molecule has 4 unspecified atom stereocenters. The van der Waals surface area contributed by atoms with Crippen LogP contribution in [-0.4, -0.2) is 27.3 Å². The first kappa shape index (κ1) is 18.6. The largest absolute Gasteiger partial charge is 0.470 e. The number of para-hydroxylation sites is 2. The molecule has 6 heteroatoms. The molecule has 4 atom stereocenters. The molecule has 0 aliphatic carbocycles. The van der Waals surface area contributed by atoms with Gasteiger partial charge in [0.05, 0.1) is 28.6 Å². The summed E-state index contributed by atoms with van der Waals surface area (Å²) in [5.74, 6) is 0.803. The molecule has 3 aliphatic heterocycles. The maximum atomic E-state index is 6.91. The van der Waals surface area contributed by atoms with Gasteiger partial charge >= 0.3 is 0 Å². The van der Waals surface area contributed by atoms with Crippen LogP contribution in [-0.2, 0) is 10.3 Å². The summed E-state index contributed by atoms with van der Waals surface area (Å²) in [6, 6.07) is 20.4. The van der Waals surface area contributed by atoms with Crippen LogP contribution in [0.25, 0.3) is 5.69 Å². The number of benzene rings is 2. The molecule has 158 valence electrons. The van der Waals surface area contributed by atoms with Crippen LogP contribution in [0.1, 0.15) is 38.4 Å². The van der Waals surface area contributed by atoms with Gasteiger partial charge in [0.2, 0.25) is 5.88 Å². The van der Waals surface area contributed by atoms with Crippen molar-refractivity contribution in [1.82, 2.24) is 9.78 Å². The van der Waals surface area contributed by atoms with Crippen molar-refractivity contribution in [3.63, 3.8) is 0 Å². The van der Waals surface area contributed by atoms with Gasteiger partial charge in [-0.2, -0.15) is 10.2 Å². The number of hydrogen-bond acceptors (Lipinski definition) is 5. The molecule has 0 spiro atoms. The van der Waals surface area contributed by atoms with Crippen molar-refractivity contribution in [3.8, 4) is 11.6 Å². The predicted molar refractivity (Wildman–Crippen MR) is 120 cm³/mol. The van der Waals surface area contributed by atoms with E-state index in [0.717, 1.165) is 40.6 Å². The Morgan fingerprint density at radius 2 is 1.58 bits per heavy atom. The zero-order valence-electron chi connectivity index (χ0n) is 18.2. The molecule has 3 aromatic rings. The van der Waals surface area contributed by atoms with Gasteiger partial charge in [0.15, 0.2) is 6.23 Å². The normalized spacial score (nSPS) is 31.0. The van der Waals surface area contributed by atoms with Gasteiger partial charge in [0, 0.05) is 12.1 Å². The lowest BCUT2D eigenvalue weighted by Gasteiger charge is -2.54. The summed E-state index contributed by atoms with van der Waals surface area (Å²) in [6.45, 7) is 8.48. The highest BCUT2D eigenvalue weighted by molar-refractivity contribution is 5.90. The van der Waals surface area contributed by atoms with E-state index >= 15 is 0 Å². The Balaban J connectivity index is 1.50. The Kier molecular flexibility index (Phi) is 3.73. The van der Waals surface area contributed by atoms with Crippen molar-refractivity contribution in [1.29, 1.82) is 0 Å². The summed E-state index contributed by atoms with van der Waals surface area (Å²) in [6.07, 6.45) is 0.532. The Labute approximate surface area is 182 Å². The molecule has 1 saturated heterocycles. The number of aromatic nitrogens is 2. The minimum absolute atomic E-state index is 0.0216. The molecule has 31 heavy (non-hydrogen) atoms. The summed E-state index contributed by atoms with van der Waals surface area (Å²) in [5.41, 5.74) is 4.03. The van der Waals surface area contributed by atoms with E-state index in [0.29, 0.717) is 0 Å². The third-order valence-electron chi connectivity index (χ3n) is 6.87. The van der Waals surface area contributed by atoms with E-state index in [1.165, 1.54) is 0 Å². The molecule has 6 rings (SSSR count). The summed E-state index contributed by atoms with van der Waals surface area (Å²) < 4.78 is 15.7. The third kappa shape index (κ3) is 2.54. The Morgan fingerprint density at radius 1 is 0.935 bits per heavy atom. The predicted octanol–water partition coefficient (Wildman–Crippen LogP) is 4.81. The van der Waals surface area contributed by atoms with Crippen molar-refractivity contribution in [2.45, 2.75) is 51.5 Å². The number of aryl methyl sites for hydroxylation is 1. The van der Waals surface area contributed by atoms with E-state index in [4.69, 9.17) is 19.7 Å². The number of hydrazone groups is 1. The second kappa shape index (κ2) is 6.20. The average molecular weight is 415 g/mol. The first-order valence-electron chi connectivity index (χ1n) is 10.8. The monoisotopic (exact) mass is 414 g/mol. The van der Waals surface area contributed by atoms with E-state index in [1.807, 2.05) is 65.1 Å². The lowest BCUT2D eigenvalue weighted by molar-refractivity contribution is -0.212. The summed E-state index contributed by atoms with van der Waals surface area (Å²) in [4.78, 5) is 0. The highest BCUT2D eigenvalue weighted by atomic mass is 16.6. The van der Waals surface area contributed by atoms with Gasteiger partial charge in [-0.3, -0.25) is 0 Å². The van der Waals surface area contributed by atoms with Crippen molar-refractivity contribution >= 4 is 11.4 Å². The van der Waals surface area contributed by atoms with Crippen LogP contribution in [0.2, 0.25) is 0 Å². The van der Waals surface area contributed by atoms with Crippen molar-refractivity contribution in [2.75, 3.05) is 5.01 Å². The molecule has 3 aliphatic rings. The van der Waals surface area contributed by atoms with Gasteiger partial charge in [-0.15, -0.1) is 0 Å². The van der Waals surface area contributed by atoms with E-state index in [1.54, 1.807) is 0 Å². The Bertz CT molecular complexity index is 1190. The first-order chi connectivity index (χ1) is 14.9. The molecule has 2 bridgehead atoms. The van der Waals surface area contributed by atoms with Crippen LogP contribution < -0.4 is 9.75 Å². The fourth-order valence-electron chi connectivity index (χ4n) is 5.79. The van der Waals surface area contributed by atoms with Gasteiger partial charge in [0.25, 0.3) is 0 Å². The van der Waals surface area contributed by atoms with E-state index < -0.39 is 11.2 Å². The highest BCUT2D eigenvalue weighted by Gasteiger charge is 2.63. The van der Waals surface area contributed by atoms with Gasteiger partial charge in [-0.1, -0.05) is 36.4 Å². The van der Waals surface area contributed by atoms with Gasteiger partial charge in [0.1, 0.15) is 11.2 Å². The zero-order valence-corrected chi connectivity index (χ0v) is 18.2. The molecule has 6 nitrogen and oxygen atoms in total. The summed E-state index contributed by atoms with van der Waals surface area (Å²) >= 11 is 0. The number of ether oxygens (including phenoxy) is 2. The lowest BCUT2D eigenvalue weighted by atomic mass is 9.70. The van der Waals surface area contributed by atoms with Crippen LogP contribution in [0.15, 0.2) is 65.8 Å². The number of hydrogen-bond donors (Lipinski definition) is 0. The number of anilines is 1. The molecule has 0 saturated carbocycles. The van der Waals surface area contributed by atoms with Gasteiger partial charge in [-0.25, -0.2) is 9.69 Å². The molecule has 0 amide bonds. The lowest BCUT2D eigenvalue weighted by Crippen LogP contribution is -2.63. The number of fused-ring (bicyclic) bond motifs is 6. The van der Waals surface area contributed by atoms with Crippen LogP contribution >= 0.6 is 0 Å². The molecule has 0 N–H and O–H groups in total. The van der Waals surface area contributed by atoms with Crippen LogP contribution in [0.3, 0.4) is 0 Å². The van der Waals surface area contributed by atoms with E-state index in [9.17, 15) is 0 Å². The van der Waals surface area contributed by atoms with Crippen LogP contribution in [0, 0.1) is 12.8 Å². The summed E-state index contributed by atoms with van der Waals surface area (Å²) in [7, 11) is 0. The number of rotatable bonds is 2. The minimum atomic E-state index is -0.520. The SMILES string of the molecule is CC1=NN(c2ccccc2)C2OC3(C)CC(C)(Oc4c3c(C)nn4-c3ccccc3)C12. The van der Waals surface area contributed by atoms with Crippen LogP contribution in [0.5, 0.6) is 5.88 Å². The Hall–Kier alpha value is -3.12. The molecule has 4 heterocycles. The second-order valence-corrected chi connectivity index (χ2v) is 9.24. The van der Waals surface area contributed by atoms with Crippen molar-refractivity contribution in [3.05, 3.63) is 71.9 Å². The highest BCUT2D eigenvalue weighted by Crippen LogP contribution is 2.57. The molecule has 2 aromatic carbocycles. The fraction of sp³-hybridized carbons (Fsp3) is 0.360. The van der Waals surface area contributed by atoms with Crippen LogP contribution in [0.4, 0.5) is 5.69 Å². The topological polar surface area (TPSA) is 51.9 Å². The van der Waals surface area contributed by atoms with Gasteiger partial charge in [-0.05, 0) is 52.0 Å². The first-order valence-corrected chi connectivity index (χ1v) is 10.8. The second-order valence-electron chi connectivity index (χ2n) is 9.24. The van der Waals surface area contributed by atoms with Crippen molar-refractivity contribution < 1.29 is 9.47 Å². The van der Waals surface area contributed by atoms with Gasteiger partial charge < -0.3 is 9.47 Å². The average Bonchev–Trinajstić information content (AvgIpc) is 3.26. The molecular formula is C25H26N4O2. The molecule has 0 radical (unpaired) electrons.